The summed E-state index contributed by atoms with van der Waals surface area (Å²) in [6.07, 6.45) is 0.439. The van der Waals surface area contributed by atoms with Crippen molar-refractivity contribution >= 4 is 27.1 Å². The third-order valence-electron chi connectivity index (χ3n) is 0.901. The zero-order valence-corrected chi connectivity index (χ0v) is 7.57. The molecule has 0 aliphatic carbocycles. The van der Waals surface area contributed by atoms with Crippen molar-refractivity contribution in [3.8, 4) is 0 Å². The smallest absolute Gasteiger partial charge is 0.229 e. The van der Waals surface area contributed by atoms with E-state index in [1.807, 2.05) is 0 Å². The number of ketones is 1. The second-order valence-corrected chi connectivity index (χ2v) is 3.33. The highest BCUT2D eigenvalue weighted by atomic mass is 35.5. The quantitative estimate of drug-likeness (QED) is 0.360. The van der Waals surface area contributed by atoms with E-state index in [0.717, 1.165) is 6.04 Å². The maximum absolute atomic E-state index is 10.7. The summed E-state index contributed by atoms with van der Waals surface area (Å²) in [5, 5.41) is 0.112. The molecular formula is C6H9ClO2Si. The monoisotopic (exact) mass is 176 g/mol. The SMILES string of the molecule is C=C(Cl)C(=O)CC[Si]OC. The van der Waals surface area contributed by atoms with Gasteiger partial charge in [-0.1, -0.05) is 18.2 Å². The maximum atomic E-state index is 10.7. The Morgan fingerprint density at radius 3 is 2.80 bits per heavy atom. The zero-order chi connectivity index (χ0) is 7.98. The third kappa shape index (κ3) is 4.73. The van der Waals surface area contributed by atoms with Gasteiger partial charge >= 0.3 is 0 Å². The fourth-order valence-electron chi connectivity index (χ4n) is 0.402. The highest BCUT2D eigenvalue weighted by molar-refractivity contribution is 6.42. The first kappa shape index (κ1) is 9.88. The van der Waals surface area contributed by atoms with Crippen molar-refractivity contribution in [1.82, 2.24) is 0 Å². The molecule has 0 fully saturated rings. The molecule has 0 unspecified atom stereocenters. The molecule has 4 heteroatoms. The van der Waals surface area contributed by atoms with Gasteiger partial charge in [-0.2, -0.15) is 0 Å². The van der Waals surface area contributed by atoms with Crippen LogP contribution in [0.15, 0.2) is 11.6 Å². The van der Waals surface area contributed by atoms with Gasteiger partial charge in [-0.25, -0.2) is 0 Å². The summed E-state index contributed by atoms with van der Waals surface area (Å²) in [4.78, 5) is 10.7. The summed E-state index contributed by atoms with van der Waals surface area (Å²) < 4.78 is 4.77. The molecule has 0 aromatic heterocycles. The topological polar surface area (TPSA) is 26.3 Å². The number of Topliss-reactive ketones (excluding diaryl/α,β-unsaturated/α-hetero) is 1. The van der Waals surface area contributed by atoms with E-state index in [9.17, 15) is 4.79 Å². The lowest BCUT2D eigenvalue weighted by atomic mass is 10.3. The first-order valence-corrected chi connectivity index (χ1v) is 4.31. The average Bonchev–Trinajstić information content (AvgIpc) is 1.88. The van der Waals surface area contributed by atoms with Gasteiger partial charge in [0.05, 0.1) is 5.03 Å². The Morgan fingerprint density at radius 1 is 1.80 bits per heavy atom. The molecule has 0 N–H and O–H groups in total. The third-order valence-corrected chi connectivity index (χ3v) is 1.85. The average molecular weight is 177 g/mol. The number of hydrogen-bond acceptors (Lipinski definition) is 2. The van der Waals surface area contributed by atoms with Gasteiger partial charge in [0.1, 0.15) is 0 Å². The Hall–Kier alpha value is -0.123. The van der Waals surface area contributed by atoms with Crippen molar-refractivity contribution in [3.05, 3.63) is 11.6 Å². The van der Waals surface area contributed by atoms with Crippen molar-refractivity contribution in [2.45, 2.75) is 12.5 Å². The lowest BCUT2D eigenvalue weighted by Gasteiger charge is -1.94. The van der Waals surface area contributed by atoms with Gasteiger partial charge in [0.15, 0.2) is 5.78 Å². The standard InChI is InChI=1S/C6H9ClO2Si/c1-5(7)6(8)3-4-10-9-2/h1,3-4H2,2H3. The van der Waals surface area contributed by atoms with E-state index < -0.39 is 0 Å². The lowest BCUT2D eigenvalue weighted by molar-refractivity contribution is -0.114. The molecule has 0 aromatic carbocycles. The zero-order valence-electron chi connectivity index (χ0n) is 5.82. The summed E-state index contributed by atoms with van der Waals surface area (Å²) >= 11 is 5.33. The van der Waals surface area contributed by atoms with Crippen LogP contribution in [-0.4, -0.2) is 22.7 Å². The largest absolute Gasteiger partial charge is 0.421 e. The van der Waals surface area contributed by atoms with Crippen LogP contribution in [0, 0.1) is 0 Å². The summed E-state index contributed by atoms with van der Waals surface area (Å²) in [6, 6.07) is 0.737. The van der Waals surface area contributed by atoms with Crippen LogP contribution in [0.4, 0.5) is 0 Å². The first-order chi connectivity index (χ1) is 4.68. The van der Waals surface area contributed by atoms with Crippen LogP contribution in [-0.2, 0) is 9.22 Å². The number of rotatable bonds is 5. The number of hydrogen-bond donors (Lipinski definition) is 0. The Morgan fingerprint density at radius 2 is 2.40 bits per heavy atom. The Bertz CT molecular complexity index is 136. The Kier molecular flexibility index (Phi) is 5.58. The van der Waals surface area contributed by atoms with E-state index in [0.29, 0.717) is 16.2 Å². The van der Waals surface area contributed by atoms with Crippen LogP contribution in [0.5, 0.6) is 0 Å². The maximum Gasteiger partial charge on any atom is 0.229 e. The lowest BCUT2D eigenvalue weighted by Crippen LogP contribution is -2.00. The van der Waals surface area contributed by atoms with Gasteiger partial charge in [0.2, 0.25) is 9.76 Å². The normalized spacial score (nSPS) is 9.40. The van der Waals surface area contributed by atoms with Crippen molar-refractivity contribution in [2.75, 3.05) is 7.11 Å². The molecule has 0 saturated carbocycles. The molecule has 0 aliphatic heterocycles. The predicted molar refractivity (Wildman–Crippen MR) is 42.2 cm³/mol. The Labute approximate surface area is 68.2 Å². The van der Waals surface area contributed by atoms with E-state index in [1.165, 1.54) is 0 Å². The van der Waals surface area contributed by atoms with E-state index in [1.54, 1.807) is 7.11 Å². The summed E-state index contributed by atoms with van der Waals surface area (Å²) in [5.74, 6) is -0.0915. The van der Waals surface area contributed by atoms with Crippen LogP contribution in [0.1, 0.15) is 6.42 Å². The van der Waals surface area contributed by atoms with Crippen molar-refractivity contribution in [1.29, 1.82) is 0 Å². The second-order valence-electron chi connectivity index (χ2n) is 1.68. The molecule has 0 rings (SSSR count). The highest BCUT2D eigenvalue weighted by Crippen LogP contribution is 2.03. The van der Waals surface area contributed by atoms with Gasteiger partial charge < -0.3 is 4.43 Å². The van der Waals surface area contributed by atoms with E-state index in [4.69, 9.17) is 16.0 Å². The number of allylic oxidation sites excluding steroid dienone is 1. The van der Waals surface area contributed by atoms with Gasteiger partial charge in [-0.05, 0) is 6.04 Å². The molecule has 0 aromatic rings. The summed E-state index contributed by atoms with van der Waals surface area (Å²) in [6.45, 7) is 3.31. The molecule has 0 spiro atoms. The van der Waals surface area contributed by atoms with Crippen LogP contribution < -0.4 is 0 Å². The molecule has 10 heavy (non-hydrogen) atoms. The number of carbonyl (C=O) groups is 1. The van der Waals surface area contributed by atoms with Crippen LogP contribution in [0.3, 0.4) is 0 Å². The van der Waals surface area contributed by atoms with Gasteiger partial charge in [0.25, 0.3) is 0 Å². The second kappa shape index (κ2) is 5.65. The van der Waals surface area contributed by atoms with Crippen LogP contribution >= 0.6 is 11.6 Å². The molecule has 2 nitrogen and oxygen atoms in total. The fourth-order valence-corrected chi connectivity index (χ4v) is 1.03. The number of halogens is 1. The summed E-state index contributed by atoms with van der Waals surface area (Å²) in [7, 11) is 1.99. The molecule has 0 bridgehead atoms. The molecule has 0 saturated heterocycles. The van der Waals surface area contributed by atoms with Crippen molar-refractivity contribution in [3.63, 3.8) is 0 Å². The molecule has 0 heterocycles. The Balaban J connectivity index is 3.31. The molecule has 0 atom stereocenters. The molecule has 0 amide bonds. The minimum Gasteiger partial charge on any atom is -0.421 e. The minimum absolute atomic E-state index is 0.0915. The van der Waals surface area contributed by atoms with Gasteiger partial charge in [-0.3, -0.25) is 4.79 Å². The first-order valence-electron chi connectivity index (χ1n) is 2.82. The van der Waals surface area contributed by atoms with E-state index >= 15 is 0 Å². The molecule has 2 radical (unpaired) electrons. The van der Waals surface area contributed by atoms with Crippen molar-refractivity contribution < 1.29 is 9.22 Å². The van der Waals surface area contributed by atoms with Gasteiger partial charge in [-0.15, -0.1) is 0 Å². The molecular weight excluding hydrogens is 168 g/mol. The minimum atomic E-state index is -0.0915. The molecule has 56 valence electrons. The van der Waals surface area contributed by atoms with Gasteiger partial charge in [0, 0.05) is 13.5 Å². The fraction of sp³-hybridized carbons (Fsp3) is 0.500. The number of carbonyl (C=O) groups excluding carboxylic acids is 1. The van der Waals surface area contributed by atoms with Crippen molar-refractivity contribution in [2.24, 2.45) is 0 Å². The highest BCUT2D eigenvalue weighted by Gasteiger charge is 2.03. The van der Waals surface area contributed by atoms with E-state index in [2.05, 4.69) is 6.58 Å². The van der Waals surface area contributed by atoms with Crippen LogP contribution in [0.25, 0.3) is 0 Å². The van der Waals surface area contributed by atoms with Crippen LogP contribution in [0.2, 0.25) is 6.04 Å². The van der Waals surface area contributed by atoms with E-state index in [-0.39, 0.29) is 10.8 Å². The predicted octanol–water partition coefficient (Wildman–Crippen LogP) is 1.38. The summed E-state index contributed by atoms with van der Waals surface area (Å²) in [5.41, 5.74) is 0. The molecule has 0 aliphatic rings.